The molecule has 1 aliphatic heterocycles. The summed E-state index contributed by atoms with van der Waals surface area (Å²) in [4.78, 5) is 11.6. The maximum absolute atomic E-state index is 11.6. The third-order valence-electron chi connectivity index (χ3n) is 2.93. The Kier molecular flexibility index (Phi) is 5.62. The van der Waals surface area contributed by atoms with Crippen molar-refractivity contribution >= 4 is 17.7 Å². The molecule has 1 rings (SSSR count). The molecule has 16 heavy (non-hydrogen) atoms. The van der Waals surface area contributed by atoms with Gasteiger partial charge in [-0.05, 0) is 50.5 Å². The van der Waals surface area contributed by atoms with Crippen LogP contribution in [0.15, 0.2) is 0 Å². The predicted octanol–water partition coefficient (Wildman–Crippen LogP) is 1.76. The highest BCUT2D eigenvalue weighted by molar-refractivity contribution is 7.99. The Morgan fingerprint density at radius 3 is 2.62 bits per heavy atom. The van der Waals surface area contributed by atoms with E-state index in [0.717, 1.165) is 13.0 Å². The zero-order valence-electron chi connectivity index (χ0n) is 10.4. The molecule has 0 saturated carbocycles. The molecule has 0 aromatic heterocycles. The van der Waals surface area contributed by atoms with Crippen molar-refractivity contribution in [3.8, 4) is 0 Å². The van der Waals surface area contributed by atoms with Gasteiger partial charge in [0.05, 0.1) is 0 Å². The van der Waals surface area contributed by atoms with Gasteiger partial charge in [-0.2, -0.15) is 11.8 Å². The Morgan fingerprint density at radius 2 is 2.06 bits per heavy atom. The van der Waals surface area contributed by atoms with Crippen molar-refractivity contribution in [2.24, 2.45) is 11.7 Å². The van der Waals surface area contributed by atoms with E-state index in [4.69, 9.17) is 5.73 Å². The Bertz CT molecular complexity index is 220. The monoisotopic (exact) mass is 244 g/mol. The van der Waals surface area contributed by atoms with Gasteiger partial charge in [-0.25, -0.2) is 0 Å². The molecule has 3 N–H and O–H groups in total. The summed E-state index contributed by atoms with van der Waals surface area (Å²) in [5.41, 5.74) is 5.60. The molecule has 1 amide bonds. The quantitative estimate of drug-likeness (QED) is 0.775. The van der Waals surface area contributed by atoms with Crippen LogP contribution in [0, 0.1) is 5.92 Å². The van der Waals surface area contributed by atoms with Gasteiger partial charge >= 0.3 is 0 Å². The van der Waals surface area contributed by atoms with Gasteiger partial charge in [0.2, 0.25) is 5.91 Å². The average molecular weight is 244 g/mol. The van der Waals surface area contributed by atoms with E-state index < -0.39 is 0 Å². The number of hydrogen-bond donors (Lipinski definition) is 2. The van der Waals surface area contributed by atoms with Crippen molar-refractivity contribution in [3.05, 3.63) is 0 Å². The first kappa shape index (κ1) is 13.8. The Labute approximate surface area is 103 Å². The second-order valence-electron chi connectivity index (χ2n) is 5.35. The maximum Gasteiger partial charge on any atom is 0.220 e. The van der Waals surface area contributed by atoms with Crippen LogP contribution >= 0.6 is 11.8 Å². The van der Waals surface area contributed by atoms with Gasteiger partial charge in [-0.15, -0.1) is 0 Å². The van der Waals surface area contributed by atoms with Gasteiger partial charge in [-0.1, -0.05) is 0 Å². The first-order valence-corrected chi connectivity index (χ1v) is 7.26. The molecule has 0 radical (unpaired) electrons. The molecule has 0 atom stereocenters. The molecule has 94 valence electrons. The smallest absolute Gasteiger partial charge is 0.220 e. The minimum Gasteiger partial charge on any atom is -0.356 e. The summed E-state index contributed by atoms with van der Waals surface area (Å²) in [6.07, 6.45) is 3.78. The van der Waals surface area contributed by atoms with Crippen molar-refractivity contribution in [2.45, 2.75) is 45.1 Å². The van der Waals surface area contributed by atoms with Crippen LogP contribution in [0.3, 0.4) is 0 Å². The van der Waals surface area contributed by atoms with E-state index in [2.05, 4.69) is 5.32 Å². The summed E-state index contributed by atoms with van der Waals surface area (Å²) < 4.78 is 0. The third-order valence-corrected chi connectivity index (χ3v) is 3.97. The van der Waals surface area contributed by atoms with Gasteiger partial charge in [0.25, 0.3) is 0 Å². The zero-order valence-corrected chi connectivity index (χ0v) is 11.2. The van der Waals surface area contributed by atoms with Gasteiger partial charge in [-0.3, -0.25) is 4.79 Å². The number of carbonyl (C=O) groups is 1. The third kappa shape index (κ3) is 6.38. The van der Waals surface area contributed by atoms with E-state index in [1.165, 1.54) is 24.3 Å². The summed E-state index contributed by atoms with van der Waals surface area (Å²) in [6, 6.07) is 0. The molecule has 0 bridgehead atoms. The molecule has 1 aliphatic rings. The lowest BCUT2D eigenvalue weighted by Gasteiger charge is -2.22. The number of rotatable bonds is 5. The summed E-state index contributed by atoms with van der Waals surface area (Å²) in [5, 5.41) is 3.02. The molecule has 1 saturated heterocycles. The number of nitrogens with one attached hydrogen (secondary N) is 1. The zero-order chi connectivity index (χ0) is 12.0. The van der Waals surface area contributed by atoms with Crippen LogP contribution in [0.1, 0.15) is 39.5 Å². The summed E-state index contributed by atoms with van der Waals surface area (Å²) in [5.74, 6) is 3.33. The van der Waals surface area contributed by atoms with Crippen molar-refractivity contribution in [1.29, 1.82) is 0 Å². The van der Waals surface area contributed by atoms with E-state index >= 15 is 0 Å². The number of nitrogens with two attached hydrogens (primary N) is 1. The minimum absolute atomic E-state index is 0.150. The maximum atomic E-state index is 11.6. The van der Waals surface area contributed by atoms with Crippen LogP contribution in [0.2, 0.25) is 0 Å². The number of hydrogen-bond acceptors (Lipinski definition) is 3. The number of thioether (sulfide) groups is 1. The largest absolute Gasteiger partial charge is 0.356 e. The van der Waals surface area contributed by atoms with Gasteiger partial charge in [0, 0.05) is 18.5 Å². The molecule has 0 aliphatic carbocycles. The first-order valence-electron chi connectivity index (χ1n) is 6.11. The fraction of sp³-hybridized carbons (Fsp3) is 0.917. The van der Waals surface area contributed by atoms with E-state index in [0.29, 0.717) is 12.3 Å². The lowest BCUT2D eigenvalue weighted by molar-refractivity contribution is -0.121. The van der Waals surface area contributed by atoms with Crippen LogP contribution < -0.4 is 11.1 Å². The van der Waals surface area contributed by atoms with E-state index in [9.17, 15) is 4.79 Å². The fourth-order valence-electron chi connectivity index (χ4n) is 1.73. The lowest BCUT2D eigenvalue weighted by atomic mass is 9.99. The van der Waals surface area contributed by atoms with Crippen LogP contribution in [-0.2, 0) is 4.79 Å². The van der Waals surface area contributed by atoms with E-state index in [1.807, 2.05) is 25.6 Å². The Balaban J connectivity index is 2.09. The first-order chi connectivity index (χ1) is 7.47. The van der Waals surface area contributed by atoms with Crippen LogP contribution in [-0.4, -0.2) is 29.5 Å². The highest BCUT2D eigenvalue weighted by atomic mass is 32.2. The van der Waals surface area contributed by atoms with E-state index in [1.54, 1.807) is 0 Å². The molecule has 3 nitrogen and oxygen atoms in total. The van der Waals surface area contributed by atoms with Crippen molar-refractivity contribution in [2.75, 3.05) is 18.1 Å². The summed E-state index contributed by atoms with van der Waals surface area (Å²) in [7, 11) is 0. The van der Waals surface area contributed by atoms with Crippen molar-refractivity contribution in [1.82, 2.24) is 5.32 Å². The molecule has 0 aromatic carbocycles. The fourth-order valence-corrected chi connectivity index (χ4v) is 2.94. The van der Waals surface area contributed by atoms with Crippen molar-refractivity contribution in [3.63, 3.8) is 0 Å². The molecule has 0 unspecified atom stereocenters. The minimum atomic E-state index is -0.237. The molecule has 1 fully saturated rings. The molecule has 0 spiro atoms. The normalized spacial score (nSPS) is 18.4. The van der Waals surface area contributed by atoms with Crippen molar-refractivity contribution < 1.29 is 4.79 Å². The second kappa shape index (κ2) is 6.50. The summed E-state index contributed by atoms with van der Waals surface area (Å²) >= 11 is 2.02. The lowest BCUT2D eigenvalue weighted by Crippen LogP contribution is -2.36. The Morgan fingerprint density at radius 1 is 1.44 bits per heavy atom. The Hall–Kier alpha value is -0.220. The molecular weight excluding hydrogens is 220 g/mol. The molecular formula is C12H24N2OS. The standard InChI is InChI=1S/C12H24N2OS/c1-12(2,13)6-3-11(15)14-9-10-4-7-16-8-5-10/h10H,3-9,13H2,1-2H3,(H,14,15). The van der Waals surface area contributed by atoms with Crippen LogP contribution in [0.25, 0.3) is 0 Å². The topological polar surface area (TPSA) is 55.1 Å². The van der Waals surface area contributed by atoms with Crippen LogP contribution in [0.5, 0.6) is 0 Å². The molecule has 0 aromatic rings. The SMILES string of the molecule is CC(C)(N)CCC(=O)NCC1CCSCC1. The highest BCUT2D eigenvalue weighted by Crippen LogP contribution is 2.21. The number of carbonyl (C=O) groups excluding carboxylic acids is 1. The average Bonchev–Trinajstić information content (AvgIpc) is 2.24. The molecule has 1 heterocycles. The number of amides is 1. The predicted molar refractivity (Wildman–Crippen MR) is 70.6 cm³/mol. The van der Waals surface area contributed by atoms with Crippen LogP contribution in [0.4, 0.5) is 0 Å². The molecule has 4 heteroatoms. The highest BCUT2D eigenvalue weighted by Gasteiger charge is 2.16. The van der Waals surface area contributed by atoms with E-state index in [-0.39, 0.29) is 11.4 Å². The van der Waals surface area contributed by atoms with Gasteiger partial charge < -0.3 is 11.1 Å². The second-order valence-corrected chi connectivity index (χ2v) is 6.57. The van der Waals surface area contributed by atoms with Gasteiger partial charge in [0.1, 0.15) is 0 Å². The van der Waals surface area contributed by atoms with Gasteiger partial charge in [0.15, 0.2) is 0 Å². The summed E-state index contributed by atoms with van der Waals surface area (Å²) in [6.45, 7) is 4.77.